The summed E-state index contributed by atoms with van der Waals surface area (Å²) in [5, 5.41) is 3.44. The molecule has 0 atom stereocenters. The second-order valence-corrected chi connectivity index (χ2v) is 6.10. The fourth-order valence-electron chi connectivity index (χ4n) is 2.61. The summed E-state index contributed by atoms with van der Waals surface area (Å²) in [6.45, 7) is 14.3. The van der Waals surface area contributed by atoms with Gasteiger partial charge in [-0.15, -0.1) is 0 Å². The normalized spacial score (nSPS) is 15.1. The number of piperazine rings is 1. The zero-order valence-corrected chi connectivity index (χ0v) is 16.2. The summed E-state index contributed by atoms with van der Waals surface area (Å²) in [5.41, 5.74) is 2.69. The molecule has 0 unspecified atom stereocenters. The number of hydrogen-bond acceptors (Lipinski definition) is 4. The van der Waals surface area contributed by atoms with Crippen molar-refractivity contribution in [2.45, 2.75) is 40.2 Å². The first-order valence-corrected chi connectivity index (χ1v) is 9.60. The van der Waals surface area contributed by atoms with E-state index in [-0.39, 0.29) is 1.43 Å². The number of anilines is 1. The number of hydrogen-bond donors (Lipinski definition) is 1. The van der Waals surface area contributed by atoms with Crippen LogP contribution in [0.15, 0.2) is 24.3 Å². The Balaban J connectivity index is 0.00000185. The molecule has 0 spiro atoms. The molecule has 1 aromatic rings. The van der Waals surface area contributed by atoms with E-state index in [1.165, 1.54) is 17.7 Å². The summed E-state index contributed by atoms with van der Waals surface area (Å²) in [7, 11) is 2.19. The topological polar surface area (TPSA) is 27.7 Å². The van der Waals surface area contributed by atoms with E-state index in [1.54, 1.807) is 0 Å². The number of unbranched alkanes of at least 4 members (excludes halogenated alkanes) is 1. The highest BCUT2D eigenvalue weighted by molar-refractivity contribution is 5.48. The molecule has 0 bridgehead atoms. The molecule has 4 nitrogen and oxygen atoms in total. The molecule has 1 aliphatic heterocycles. The second-order valence-electron chi connectivity index (χ2n) is 6.10. The fraction of sp³-hybridized carbons (Fsp3) is 0.700. The van der Waals surface area contributed by atoms with Crippen molar-refractivity contribution in [2.24, 2.45) is 0 Å². The van der Waals surface area contributed by atoms with Gasteiger partial charge in [0.15, 0.2) is 0 Å². The number of ether oxygens (including phenoxy) is 1. The van der Waals surface area contributed by atoms with Crippen LogP contribution in [-0.2, 0) is 11.3 Å². The van der Waals surface area contributed by atoms with E-state index >= 15 is 0 Å². The Kier molecular flexibility index (Phi) is 11.5. The molecule has 24 heavy (non-hydrogen) atoms. The van der Waals surface area contributed by atoms with E-state index in [0.29, 0.717) is 0 Å². The average Bonchev–Trinajstić information content (AvgIpc) is 2.64. The van der Waals surface area contributed by atoms with E-state index in [1.807, 2.05) is 13.8 Å². The molecule has 0 aliphatic carbocycles. The summed E-state index contributed by atoms with van der Waals surface area (Å²) >= 11 is 0. The van der Waals surface area contributed by atoms with E-state index in [0.717, 1.165) is 58.9 Å². The first-order chi connectivity index (χ1) is 11.8. The molecule has 0 aromatic heterocycles. The third kappa shape index (κ3) is 8.13. The average molecular weight is 338 g/mol. The summed E-state index contributed by atoms with van der Waals surface area (Å²) in [6.07, 6.45) is 2.36. The Morgan fingerprint density at radius 1 is 1.04 bits per heavy atom. The number of likely N-dealkylation sites (N-methyl/N-ethyl adjacent to an activating group) is 1. The molecule has 2 rings (SSSR count). The molecule has 1 N–H and O–H groups in total. The van der Waals surface area contributed by atoms with Crippen LogP contribution in [0.2, 0.25) is 0 Å². The zero-order valence-electron chi connectivity index (χ0n) is 16.2. The lowest BCUT2D eigenvalue weighted by atomic mass is 10.2. The largest absolute Gasteiger partial charge is 0.380 e. The number of nitrogens with zero attached hydrogens (tertiary/aromatic N) is 2. The summed E-state index contributed by atoms with van der Waals surface area (Å²) in [5.74, 6) is 0. The van der Waals surface area contributed by atoms with Gasteiger partial charge < -0.3 is 19.9 Å². The van der Waals surface area contributed by atoms with Crippen molar-refractivity contribution in [3.63, 3.8) is 0 Å². The van der Waals surface area contributed by atoms with E-state index in [4.69, 9.17) is 4.74 Å². The highest BCUT2D eigenvalue weighted by atomic mass is 16.5. The van der Waals surface area contributed by atoms with Gasteiger partial charge >= 0.3 is 0 Å². The van der Waals surface area contributed by atoms with Gasteiger partial charge in [-0.1, -0.05) is 39.3 Å². The van der Waals surface area contributed by atoms with E-state index in [2.05, 4.69) is 53.4 Å². The Hall–Kier alpha value is -1.10. The maximum absolute atomic E-state index is 5.55. The van der Waals surface area contributed by atoms with Crippen LogP contribution in [0, 0.1) is 0 Å². The van der Waals surface area contributed by atoms with Gasteiger partial charge in [-0.3, -0.25) is 0 Å². The maximum Gasteiger partial charge on any atom is 0.0591 e. The van der Waals surface area contributed by atoms with Crippen LogP contribution >= 0.6 is 0 Å². The van der Waals surface area contributed by atoms with Gasteiger partial charge in [0.05, 0.1) is 6.61 Å². The molecule has 1 saturated heterocycles. The lowest BCUT2D eigenvalue weighted by Gasteiger charge is -2.34. The van der Waals surface area contributed by atoms with E-state index < -0.39 is 0 Å². The minimum Gasteiger partial charge on any atom is -0.380 e. The first kappa shape index (κ1) is 20.9. The monoisotopic (exact) mass is 337 g/mol. The smallest absolute Gasteiger partial charge is 0.0591 e. The molecule has 1 heterocycles. The van der Waals surface area contributed by atoms with Crippen LogP contribution in [0.25, 0.3) is 0 Å². The molecule has 1 aromatic carbocycles. The third-order valence-corrected chi connectivity index (χ3v) is 4.20. The third-order valence-electron chi connectivity index (χ3n) is 4.20. The molecular formula is C20H39N3O. The Morgan fingerprint density at radius 3 is 2.33 bits per heavy atom. The lowest BCUT2D eigenvalue weighted by molar-refractivity contribution is 0.133. The molecule has 1 fully saturated rings. The molecule has 140 valence electrons. The van der Waals surface area contributed by atoms with Crippen molar-refractivity contribution in [1.29, 1.82) is 0 Å². The SMILES string of the molecule is CC.CCCCOCCNCc1ccc(N2CCN(C)CC2)cc1.[HH]. The molecule has 0 radical (unpaired) electrons. The van der Waals surface area contributed by atoms with Crippen molar-refractivity contribution in [3.8, 4) is 0 Å². The highest BCUT2D eigenvalue weighted by Gasteiger charge is 2.13. The molecule has 4 heteroatoms. The van der Waals surface area contributed by atoms with Gasteiger partial charge in [-0.25, -0.2) is 0 Å². The summed E-state index contributed by atoms with van der Waals surface area (Å²) in [4.78, 5) is 4.86. The van der Waals surface area contributed by atoms with Crippen LogP contribution in [0.1, 0.15) is 40.6 Å². The van der Waals surface area contributed by atoms with E-state index in [9.17, 15) is 0 Å². The molecule has 1 aliphatic rings. The second kappa shape index (κ2) is 13.2. The number of benzene rings is 1. The van der Waals surface area contributed by atoms with Crippen molar-refractivity contribution >= 4 is 5.69 Å². The number of nitrogens with one attached hydrogen (secondary N) is 1. The molecular weight excluding hydrogens is 298 g/mol. The Morgan fingerprint density at radius 2 is 1.71 bits per heavy atom. The summed E-state index contributed by atoms with van der Waals surface area (Å²) in [6, 6.07) is 8.97. The Labute approximate surface area is 150 Å². The highest BCUT2D eigenvalue weighted by Crippen LogP contribution is 2.16. The van der Waals surface area contributed by atoms with Gasteiger partial charge in [0.2, 0.25) is 0 Å². The summed E-state index contributed by atoms with van der Waals surface area (Å²) < 4.78 is 5.55. The molecule has 0 amide bonds. The van der Waals surface area contributed by atoms with Crippen molar-refractivity contribution in [3.05, 3.63) is 29.8 Å². The van der Waals surface area contributed by atoms with Crippen LogP contribution in [0.4, 0.5) is 5.69 Å². The van der Waals surface area contributed by atoms with Gasteiger partial charge in [0.1, 0.15) is 0 Å². The predicted octanol–water partition coefficient (Wildman–Crippen LogP) is 3.62. The minimum atomic E-state index is 0. The van der Waals surface area contributed by atoms with Crippen molar-refractivity contribution < 1.29 is 6.16 Å². The van der Waals surface area contributed by atoms with Crippen LogP contribution < -0.4 is 10.2 Å². The number of rotatable bonds is 9. The van der Waals surface area contributed by atoms with Gasteiger partial charge in [-0.05, 0) is 31.2 Å². The maximum atomic E-state index is 5.55. The minimum absolute atomic E-state index is 0. The molecule has 0 saturated carbocycles. The van der Waals surface area contributed by atoms with Gasteiger partial charge in [-0.2, -0.15) is 0 Å². The fourth-order valence-corrected chi connectivity index (χ4v) is 2.61. The zero-order chi connectivity index (χ0) is 17.6. The lowest BCUT2D eigenvalue weighted by Crippen LogP contribution is -2.44. The van der Waals surface area contributed by atoms with Gasteiger partial charge in [0, 0.05) is 53.0 Å². The Bertz CT molecular complexity index is 406. The van der Waals surface area contributed by atoms with Crippen molar-refractivity contribution in [2.75, 3.05) is 57.9 Å². The van der Waals surface area contributed by atoms with Gasteiger partial charge in [0.25, 0.3) is 0 Å². The van der Waals surface area contributed by atoms with Crippen molar-refractivity contribution in [1.82, 2.24) is 10.2 Å². The van der Waals surface area contributed by atoms with Crippen LogP contribution in [0.3, 0.4) is 0 Å². The quantitative estimate of drug-likeness (QED) is 0.697. The van der Waals surface area contributed by atoms with Crippen LogP contribution in [-0.4, -0.2) is 57.9 Å². The standard InChI is InChI=1S/C18H31N3O.C2H6.H2/c1-3-4-14-22-15-9-19-16-17-5-7-18(8-6-17)21-12-10-20(2)11-13-21;1-2;/h5-8,19H,3-4,9-16H2,1-2H3;1-2H3;1H. The van der Waals surface area contributed by atoms with Crippen LogP contribution in [0.5, 0.6) is 0 Å². The predicted molar refractivity (Wildman–Crippen MR) is 107 cm³/mol. The first-order valence-electron chi connectivity index (χ1n) is 9.60.